The number of urea groups is 1. The summed E-state index contributed by atoms with van der Waals surface area (Å²) in [5, 5.41) is 5.86. The second-order valence-corrected chi connectivity index (χ2v) is 6.41. The quantitative estimate of drug-likeness (QED) is 0.568. The number of amides is 2. The Bertz CT molecular complexity index is 562. The second-order valence-electron chi connectivity index (χ2n) is 6.41. The SMILES string of the molecule is Cc1c(COC(C)C)cccc1NC(=O)NCCCN1CC=CC1. The van der Waals surface area contributed by atoms with Gasteiger partial charge in [-0.3, -0.25) is 4.90 Å². The number of anilines is 1. The first-order chi connectivity index (χ1) is 11.6. The molecule has 1 aliphatic rings. The minimum absolute atomic E-state index is 0.153. The summed E-state index contributed by atoms with van der Waals surface area (Å²) in [6.07, 6.45) is 5.50. The minimum Gasteiger partial charge on any atom is -0.374 e. The third-order valence-electron chi connectivity index (χ3n) is 4.10. The molecule has 2 rings (SSSR count). The van der Waals surface area contributed by atoms with E-state index in [-0.39, 0.29) is 12.1 Å². The van der Waals surface area contributed by atoms with E-state index in [1.807, 2.05) is 39.0 Å². The van der Waals surface area contributed by atoms with Crippen molar-refractivity contribution >= 4 is 11.7 Å². The van der Waals surface area contributed by atoms with Gasteiger partial charge in [0.25, 0.3) is 0 Å². The summed E-state index contributed by atoms with van der Waals surface area (Å²) < 4.78 is 5.66. The fourth-order valence-corrected chi connectivity index (χ4v) is 2.61. The summed E-state index contributed by atoms with van der Waals surface area (Å²) in [6.45, 7) is 10.3. The Morgan fingerprint density at radius 3 is 2.75 bits per heavy atom. The number of ether oxygens (including phenoxy) is 1. The molecule has 0 bridgehead atoms. The lowest BCUT2D eigenvalue weighted by molar-refractivity contribution is 0.0654. The molecule has 132 valence electrons. The van der Waals surface area contributed by atoms with Gasteiger partial charge in [0.05, 0.1) is 12.7 Å². The number of nitrogens with zero attached hydrogens (tertiary/aromatic N) is 1. The Balaban J connectivity index is 1.75. The van der Waals surface area contributed by atoms with Crippen molar-refractivity contribution in [1.82, 2.24) is 10.2 Å². The van der Waals surface area contributed by atoms with Crippen LogP contribution in [0.1, 0.15) is 31.4 Å². The molecule has 1 aromatic carbocycles. The number of nitrogens with one attached hydrogen (secondary N) is 2. The van der Waals surface area contributed by atoms with Crippen LogP contribution in [0.4, 0.5) is 10.5 Å². The van der Waals surface area contributed by atoms with Crippen LogP contribution in [0.3, 0.4) is 0 Å². The van der Waals surface area contributed by atoms with E-state index in [4.69, 9.17) is 4.74 Å². The summed E-state index contributed by atoms with van der Waals surface area (Å²) in [7, 11) is 0. The molecule has 2 N–H and O–H groups in total. The lowest BCUT2D eigenvalue weighted by Crippen LogP contribution is -2.32. The molecule has 1 aromatic rings. The molecule has 24 heavy (non-hydrogen) atoms. The molecule has 0 fully saturated rings. The number of rotatable bonds is 8. The van der Waals surface area contributed by atoms with Crippen LogP contribution >= 0.6 is 0 Å². The zero-order valence-corrected chi connectivity index (χ0v) is 15.0. The van der Waals surface area contributed by atoms with Crippen molar-refractivity contribution < 1.29 is 9.53 Å². The first-order valence-electron chi connectivity index (χ1n) is 8.68. The molecule has 5 nitrogen and oxygen atoms in total. The van der Waals surface area contributed by atoms with Crippen LogP contribution in [0.2, 0.25) is 0 Å². The smallest absolute Gasteiger partial charge is 0.319 e. The molecule has 2 amide bonds. The largest absolute Gasteiger partial charge is 0.374 e. The van der Waals surface area contributed by atoms with Crippen LogP contribution < -0.4 is 10.6 Å². The summed E-state index contributed by atoms with van der Waals surface area (Å²) in [5.74, 6) is 0. The molecule has 0 aromatic heterocycles. The van der Waals surface area contributed by atoms with Gasteiger partial charge in [0.2, 0.25) is 0 Å². The van der Waals surface area contributed by atoms with E-state index in [9.17, 15) is 4.79 Å². The van der Waals surface area contributed by atoms with Crippen molar-refractivity contribution in [3.05, 3.63) is 41.5 Å². The number of hydrogen-bond acceptors (Lipinski definition) is 3. The van der Waals surface area contributed by atoms with Crippen LogP contribution in [0.15, 0.2) is 30.4 Å². The maximum Gasteiger partial charge on any atom is 0.319 e. The molecular weight excluding hydrogens is 302 g/mol. The highest BCUT2D eigenvalue weighted by atomic mass is 16.5. The molecule has 1 heterocycles. The van der Waals surface area contributed by atoms with Crippen LogP contribution in [0.25, 0.3) is 0 Å². The Kier molecular flexibility index (Phi) is 7.28. The van der Waals surface area contributed by atoms with Crippen molar-refractivity contribution in [3.63, 3.8) is 0 Å². The van der Waals surface area contributed by atoms with Crippen LogP contribution in [-0.2, 0) is 11.3 Å². The van der Waals surface area contributed by atoms with Crippen LogP contribution in [0.5, 0.6) is 0 Å². The standard InChI is InChI=1S/C19H29N3O2/c1-15(2)24-14-17-8-6-9-18(16(17)3)21-19(23)20-10-7-13-22-11-4-5-12-22/h4-6,8-9,15H,7,10-14H2,1-3H3,(H2,20,21,23). The number of hydrogen-bond donors (Lipinski definition) is 2. The van der Waals surface area contributed by atoms with Crippen molar-refractivity contribution in [1.29, 1.82) is 0 Å². The number of benzene rings is 1. The third kappa shape index (κ3) is 5.98. The van der Waals surface area contributed by atoms with Gasteiger partial charge in [-0.05, 0) is 44.4 Å². The molecule has 0 radical (unpaired) electrons. The minimum atomic E-state index is -0.153. The summed E-state index contributed by atoms with van der Waals surface area (Å²) in [4.78, 5) is 14.4. The highest BCUT2D eigenvalue weighted by Crippen LogP contribution is 2.20. The van der Waals surface area contributed by atoms with E-state index in [1.165, 1.54) is 0 Å². The molecule has 1 aliphatic heterocycles. The first-order valence-corrected chi connectivity index (χ1v) is 8.68. The molecule has 0 spiro atoms. The zero-order valence-electron chi connectivity index (χ0n) is 15.0. The van der Waals surface area contributed by atoms with Crippen molar-refractivity contribution in [2.24, 2.45) is 0 Å². The van der Waals surface area contributed by atoms with E-state index in [1.54, 1.807) is 0 Å². The fraction of sp³-hybridized carbons (Fsp3) is 0.526. The van der Waals surface area contributed by atoms with Gasteiger partial charge in [-0.2, -0.15) is 0 Å². The Morgan fingerprint density at radius 1 is 1.29 bits per heavy atom. The fourth-order valence-electron chi connectivity index (χ4n) is 2.61. The van der Waals surface area contributed by atoms with Gasteiger partial charge in [-0.25, -0.2) is 4.79 Å². The molecular formula is C19H29N3O2. The van der Waals surface area contributed by atoms with Gasteiger partial charge < -0.3 is 15.4 Å². The first kappa shape index (κ1) is 18.5. The van der Waals surface area contributed by atoms with Gasteiger partial charge in [-0.15, -0.1) is 0 Å². The predicted octanol–water partition coefficient (Wildman–Crippen LogP) is 3.30. The van der Waals surface area contributed by atoms with Crippen molar-refractivity contribution in [3.8, 4) is 0 Å². The summed E-state index contributed by atoms with van der Waals surface area (Å²) in [6, 6.07) is 5.75. The Labute approximate surface area is 145 Å². The van der Waals surface area contributed by atoms with Crippen LogP contribution in [0, 0.1) is 6.92 Å². The Morgan fingerprint density at radius 2 is 2.04 bits per heavy atom. The van der Waals surface area contributed by atoms with E-state index >= 15 is 0 Å². The molecule has 0 saturated heterocycles. The van der Waals surface area contributed by atoms with E-state index in [2.05, 4.69) is 27.7 Å². The molecule has 5 heteroatoms. The molecule has 0 unspecified atom stereocenters. The molecule has 0 aliphatic carbocycles. The zero-order chi connectivity index (χ0) is 17.4. The maximum absolute atomic E-state index is 12.1. The van der Waals surface area contributed by atoms with E-state index in [0.29, 0.717) is 13.2 Å². The lowest BCUT2D eigenvalue weighted by atomic mass is 10.1. The average Bonchev–Trinajstić information content (AvgIpc) is 3.05. The number of carbonyl (C=O) groups excluding carboxylic acids is 1. The Hall–Kier alpha value is -1.85. The van der Waals surface area contributed by atoms with Gasteiger partial charge in [0, 0.05) is 31.9 Å². The van der Waals surface area contributed by atoms with Gasteiger partial charge >= 0.3 is 6.03 Å². The van der Waals surface area contributed by atoms with Crippen molar-refractivity contribution in [2.45, 2.75) is 39.9 Å². The number of carbonyl (C=O) groups is 1. The lowest BCUT2D eigenvalue weighted by Gasteiger charge is -2.16. The molecule has 0 saturated carbocycles. The van der Waals surface area contributed by atoms with E-state index in [0.717, 1.165) is 42.9 Å². The maximum atomic E-state index is 12.1. The van der Waals surface area contributed by atoms with Crippen molar-refractivity contribution in [2.75, 3.05) is 31.5 Å². The monoisotopic (exact) mass is 331 g/mol. The van der Waals surface area contributed by atoms with Gasteiger partial charge in [0.1, 0.15) is 0 Å². The topological polar surface area (TPSA) is 53.6 Å². The highest BCUT2D eigenvalue weighted by Gasteiger charge is 2.09. The van der Waals surface area contributed by atoms with Gasteiger partial charge in [0.15, 0.2) is 0 Å². The molecule has 0 atom stereocenters. The average molecular weight is 331 g/mol. The third-order valence-corrected chi connectivity index (χ3v) is 4.10. The normalized spacial score (nSPS) is 14.3. The van der Waals surface area contributed by atoms with Crippen LogP contribution in [-0.4, -0.2) is 43.2 Å². The predicted molar refractivity (Wildman–Crippen MR) is 98.3 cm³/mol. The van der Waals surface area contributed by atoms with E-state index < -0.39 is 0 Å². The summed E-state index contributed by atoms with van der Waals surface area (Å²) in [5.41, 5.74) is 2.99. The summed E-state index contributed by atoms with van der Waals surface area (Å²) >= 11 is 0. The second kappa shape index (κ2) is 9.45. The van der Waals surface area contributed by atoms with Gasteiger partial charge in [-0.1, -0.05) is 24.3 Å². The highest BCUT2D eigenvalue weighted by molar-refractivity contribution is 5.90.